The van der Waals surface area contributed by atoms with Crippen LogP contribution < -0.4 is 10.6 Å². The van der Waals surface area contributed by atoms with Crippen molar-refractivity contribution in [1.82, 2.24) is 4.98 Å². The average Bonchev–Trinajstić information content (AvgIpc) is 2.38. The van der Waals surface area contributed by atoms with Crippen LogP contribution in [0.1, 0.15) is 11.1 Å². The lowest BCUT2D eigenvalue weighted by Gasteiger charge is -2.20. The molecule has 4 heteroatoms. The molecule has 0 saturated heterocycles. The number of aromatic nitrogens is 1. The lowest BCUT2D eigenvalue weighted by atomic mass is 10.2. The first-order valence-electron chi connectivity index (χ1n) is 5.65. The fraction of sp³-hybridized carbons (Fsp3) is 0.143. The second kappa shape index (κ2) is 5.14. The van der Waals surface area contributed by atoms with Gasteiger partial charge >= 0.3 is 0 Å². The molecule has 0 amide bonds. The number of benzene rings is 1. The van der Waals surface area contributed by atoms with E-state index in [4.69, 9.17) is 18.0 Å². The predicted octanol–water partition coefficient (Wildman–Crippen LogP) is 2.79. The first kappa shape index (κ1) is 12.5. The Bertz CT molecular complexity index is 564. The van der Waals surface area contributed by atoms with Crippen LogP contribution in [0, 0.1) is 6.92 Å². The summed E-state index contributed by atoms with van der Waals surface area (Å²) in [4.78, 5) is 6.84. The Morgan fingerprint density at radius 1 is 1.22 bits per heavy atom. The quantitative estimate of drug-likeness (QED) is 0.859. The molecule has 2 rings (SSSR count). The van der Waals surface area contributed by atoms with Crippen molar-refractivity contribution in [3.05, 3.63) is 53.7 Å². The molecule has 2 aromatic rings. The molecule has 1 aromatic heterocycles. The van der Waals surface area contributed by atoms with Gasteiger partial charge in [0, 0.05) is 24.5 Å². The lowest BCUT2D eigenvalue weighted by Crippen LogP contribution is -2.13. The average molecular weight is 257 g/mol. The Labute approximate surface area is 112 Å². The number of hydrogen-bond acceptors (Lipinski definition) is 3. The van der Waals surface area contributed by atoms with Crippen molar-refractivity contribution in [1.29, 1.82) is 0 Å². The summed E-state index contributed by atoms with van der Waals surface area (Å²) in [5, 5.41) is 0. The Kier molecular flexibility index (Phi) is 3.58. The van der Waals surface area contributed by atoms with Crippen molar-refractivity contribution in [2.75, 3.05) is 11.9 Å². The molecule has 0 saturated carbocycles. The summed E-state index contributed by atoms with van der Waals surface area (Å²) in [6, 6.07) is 11.8. The van der Waals surface area contributed by atoms with Gasteiger partial charge in [0.2, 0.25) is 0 Å². The maximum Gasteiger partial charge on any atom is 0.135 e. The van der Waals surface area contributed by atoms with Crippen LogP contribution in [0.25, 0.3) is 0 Å². The molecule has 0 aliphatic heterocycles. The predicted molar refractivity (Wildman–Crippen MR) is 79.4 cm³/mol. The van der Waals surface area contributed by atoms with Crippen LogP contribution in [-0.2, 0) is 0 Å². The van der Waals surface area contributed by atoms with Crippen molar-refractivity contribution in [2.24, 2.45) is 5.73 Å². The smallest absolute Gasteiger partial charge is 0.135 e. The molecule has 0 atom stereocenters. The number of thiocarbonyl (C=S) groups is 1. The zero-order valence-corrected chi connectivity index (χ0v) is 11.2. The van der Waals surface area contributed by atoms with Crippen molar-refractivity contribution < 1.29 is 0 Å². The third-order valence-corrected chi connectivity index (χ3v) is 3.07. The number of hydrogen-bond donors (Lipinski definition) is 1. The lowest BCUT2D eigenvalue weighted by molar-refractivity contribution is 1.10. The normalized spacial score (nSPS) is 10.1. The molecule has 0 bridgehead atoms. The summed E-state index contributed by atoms with van der Waals surface area (Å²) in [6.45, 7) is 2.04. The minimum Gasteiger partial charge on any atom is -0.389 e. The molecule has 0 aliphatic carbocycles. The van der Waals surface area contributed by atoms with Gasteiger partial charge in [0.25, 0.3) is 0 Å². The minimum atomic E-state index is 0.415. The highest BCUT2D eigenvalue weighted by Crippen LogP contribution is 2.24. The van der Waals surface area contributed by atoms with Gasteiger partial charge in [-0.25, -0.2) is 4.98 Å². The van der Waals surface area contributed by atoms with Crippen LogP contribution in [-0.4, -0.2) is 17.0 Å². The molecular formula is C14H15N3S. The van der Waals surface area contributed by atoms with E-state index in [9.17, 15) is 0 Å². The van der Waals surface area contributed by atoms with Gasteiger partial charge in [-0.05, 0) is 42.8 Å². The van der Waals surface area contributed by atoms with Gasteiger partial charge in [-0.3, -0.25) is 0 Å². The highest BCUT2D eigenvalue weighted by Gasteiger charge is 2.07. The molecule has 3 nitrogen and oxygen atoms in total. The van der Waals surface area contributed by atoms with Gasteiger partial charge < -0.3 is 10.6 Å². The Morgan fingerprint density at radius 2 is 1.89 bits per heavy atom. The Morgan fingerprint density at radius 3 is 2.44 bits per heavy atom. The van der Waals surface area contributed by atoms with Crippen LogP contribution in [0.15, 0.2) is 42.6 Å². The molecule has 1 heterocycles. The second-order valence-electron chi connectivity index (χ2n) is 4.11. The summed E-state index contributed by atoms with van der Waals surface area (Å²) < 4.78 is 0. The van der Waals surface area contributed by atoms with E-state index in [1.807, 2.05) is 55.3 Å². The zero-order chi connectivity index (χ0) is 13.1. The number of nitrogens with zero attached hydrogens (tertiary/aromatic N) is 2. The summed E-state index contributed by atoms with van der Waals surface area (Å²) >= 11 is 4.94. The molecule has 0 spiro atoms. The molecule has 2 N–H and O–H groups in total. The highest BCUT2D eigenvalue weighted by atomic mass is 32.1. The first-order valence-corrected chi connectivity index (χ1v) is 6.05. The third-order valence-electron chi connectivity index (χ3n) is 2.84. The first-order chi connectivity index (χ1) is 8.59. The Balaban J connectivity index is 2.32. The zero-order valence-electron chi connectivity index (χ0n) is 10.4. The van der Waals surface area contributed by atoms with Gasteiger partial charge in [0.1, 0.15) is 10.8 Å². The van der Waals surface area contributed by atoms with Crippen LogP contribution in [0.4, 0.5) is 11.5 Å². The summed E-state index contributed by atoms with van der Waals surface area (Å²) in [5.74, 6) is 0.945. The van der Waals surface area contributed by atoms with Crippen LogP contribution in [0.2, 0.25) is 0 Å². The maximum absolute atomic E-state index is 5.58. The molecule has 0 aliphatic rings. The van der Waals surface area contributed by atoms with E-state index in [2.05, 4.69) is 4.98 Å². The van der Waals surface area contributed by atoms with E-state index in [-0.39, 0.29) is 0 Å². The standard InChI is InChI=1S/C14H15N3S/c1-10-4-3-9-16-14(10)17(2)12-7-5-11(6-8-12)13(15)18/h3-9H,1-2H3,(H2,15,18). The number of anilines is 2. The second-order valence-corrected chi connectivity index (χ2v) is 4.55. The van der Waals surface area contributed by atoms with E-state index >= 15 is 0 Å². The van der Waals surface area contributed by atoms with Gasteiger partial charge in [-0.1, -0.05) is 18.3 Å². The van der Waals surface area contributed by atoms with Gasteiger partial charge in [0.05, 0.1) is 0 Å². The van der Waals surface area contributed by atoms with E-state index in [1.54, 1.807) is 6.20 Å². The fourth-order valence-electron chi connectivity index (χ4n) is 1.80. The number of rotatable bonds is 3. The summed E-state index contributed by atoms with van der Waals surface area (Å²) in [7, 11) is 1.99. The van der Waals surface area contributed by atoms with Crippen molar-refractivity contribution in [3.63, 3.8) is 0 Å². The number of aryl methyl sites for hydroxylation is 1. The monoisotopic (exact) mass is 257 g/mol. The fourth-order valence-corrected chi connectivity index (χ4v) is 1.94. The topological polar surface area (TPSA) is 42.2 Å². The molecule has 92 valence electrons. The number of nitrogens with two attached hydrogens (primary N) is 1. The van der Waals surface area contributed by atoms with Crippen molar-refractivity contribution in [2.45, 2.75) is 6.92 Å². The van der Waals surface area contributed by atoms with Crippen LogP contribution in [0.3, 0.4) is 0 Å². The molecule has 0 unspecified atom stereocenters. The maximum atomic E-state index is 5.58. The van der Waals surface area contributed by atoms with Crippen LogP contribution in [0.5, 0.6) is 0 Å². The van der Waals surface area contributed by atoms with Gasteiger partial charge in [-0.2, -0.15) is 0 Å². The van der Waals surface area contributed by atoms with E-state index < -0.39 is 0 Å². The van der Waals surface area contributed by atoms with Crippen LogP contribution >= 0.6 is 12.2 Å². The Hall–Kier alpha value is -1.94. The van der Waals surface area contributed by atoms with E-state index in [0.717, 1.165) is 22.6 Å². The van der Waals surface area contributed by atoms with E-state index in [0.29, 0.717) is 4.99 Å². The molecule has 0 fully saturated rings. The molecule has 0 radical (unpaired) electrons. The van der Waals surface area contributed by atoms with Gasteiger partial charge in [-0.15, -0.1) is 0 Å². The molecule has 1 aromatic carbocycles. The van der Waals surface area contributed by atoms with Crippen molar-refractivity contribution in [3.8, 4) is 0 Å². The van der Waals surface area contributed by atoms with Gasteiger partial charge in [0.15, 0.2) is 0 Å². The molecule has 18 heavy (non-hydrogen) atoms. The minimum absolute atomic E-state index is 0.415. The largest absolute Gasteiger partial charge is 0.389 e. The summed E-state index contributed by atoms with van der Waals surface area (Å²) in [6.07, 6.45) is 1.79. The SMILES string of the molecule is Cc1cccnc1N(C)c1ccc(C(N)=S)cc1. The third kappa shape index (κ3) is 2.49. The van der Waals surface area contributed by atoms with Crippen molar-refractivity contribution >= 4 is 28.7 Å². The summed E-state index contributed by atoms with van der Waals surface area (Å²) in [5.41, 5.74) is 8.65. The highest BCUT2D eigenvalue weighted by molar-refractivity contribution is 7.80. The van der Waals surface area contributed by atoms with E-state index in [1.165, 1.54) is 0 Å². The molecular weight excluding hydrogens is 242 g/mol. The number of pyridine rings is 1.